The van der Waals surface area contributed by atoms with Crippen LogP contribution in [0.15, 0.2) is 0 Å². The third kappa shape index (κ3) is 1.91. The van der Waals surface area contributed by atoms with Gasteiger partial charge in [-0.05, 0) is 19.3 Å². The number of hydrogen-bond donors (Lipinski definition) is 3. The summed E-state index contributed by atoms with van der Waals surface area (Å²) in [5.74, 6) is -1.45. The molecule has 0 heterocycles. The Morgan fingerprint density at radius 2 is 2.09 bits per heavy atom. The fraction of sp³-hybridized carbons (Fsp3) is 0.857. The molecule has 0 amide bonds. The predicted octanol–water partition coefficient (Wildman–Crippen LogP) is -0.441. The smallest absolute Gasteiger partial charge is 0.308 e. The molecule has 1 aliphatic rings. The van der Waals surface area contributed by atoms with Crippen molar-refractivity contribution in [1.82, 2.24) is 0 Å². The third-order valence-corrected chi connectivity index (χ3v) is 2.19. The second kappa shape index (κ2) is 3.19. The number of carboxylic acid groups (broad SMARTS) is 1. The monoisotopic (exact) mass is 159 g/mol. The molecule has 1 saturated carbocycles. The lowest BCUT2D eigenvalue weighted by molar-refractivity contribution is -0.144. The van der Waals surface area contributed by atoms with Gasteiger partial charge in [0.15, 0.2) is 0 Å². The lowest BCUT2D eigenvalue weighted by Crippen LogP contribution is -2.42. The summed E-state index contributed by atoms with van der Waals surface area (Å²) in [6, 6.07) is -0.282. The van der Waals surface area contributed by atoms with Crippen molar-refractivity contribution in [2.45, 2.75) is 31.4 Å². The first-order chi connectivity index (χ1) is 5.11. The van der Waals surface area contributed by atoms with Crippen molar-refractivity contribution in [3.63, 3.8) is 0 Å². The van der Waals surface area contributed by atoms with Crippen molar-refractivity contribution in [2.75, 3.05) is 0 Å². The van der Waals surface area contributed by atoms with Crippen molar-refractivity contribution in [2.24, 2.45) is 11.7 Å². The third-order valence-electron chi connectivity index (χ3n) is 2.19. The lowest BCUT2D eigenvalue weighted by atomic mass is 9.83. The minimum Gasteiger partial charge on any atom is -0.481 e. The molecular formula is C7H13NO3. The van der Waals surface area contributed by atoms with Crippen LogP contribution < -0.4 is 5.73 Å². The van der Waals surface area contributed by atoms with Crippen molar-refractivity contribution < 1.29 is 15.0 Å². The maximum Gasteiger partial charge on any atom is 0.308 e. The van der Waals surface area contributed by atoms with Crippen molar-refractivity contribution in [1.29, 1.82) is 0 Å². The molecule has 4 N–H and O–H groups in total. The molecular weight excluding hydrogens is 146 g/mol. The van der Waals surface area contributed by atoms with E-state index in [4.69, 9.17) is 15.9 Å². The maximum atomic E-state index is 10.5. The van der Waals surface area contributed by atoms with E-state index in [1.165, 1.54) is 0 Å². The summed E-state index contributed by atoms with van der Waals surface area (Å²) in [5, 5.41) is 17.8. The predicted molar refractivity (Wildman–Crippen MR) is 39.0 cm³/mol. The van der Waals surface area contributed by atoms with Crippen molar-refractivity contribution >= 4 is 5.97 Å². The van der Waals surface area contributed by atoms with Gasteiger partial charge in [-0.3, -0.25) is 4.79 Å². The van der Waals surface area contributed by atoms with E-state index in [2.05, 4.69) is 0 Å². The molecule has 3 atom stereocenters. The average Bonchev–Trinajstić information content (AvgIpc) is 1.94. The molecule has 1 aliphatic carbocycles. The van der Waals surface area contributed by atoms with Gasteiger partial charge in [0.2, 0.25) is 0 Å². The molecule has 0 aromatic heterocycles. The van der Waals surface area contributed by atoms with Crippen LogP contribution in [0.2, 0.25) is 0 Å². The second-order valence-corrected chi connectivity index (χ2v) is 3.08. The Kier molecular flexibility index (Phi) is 2.46. The largest absolute Gasteiger partial charge is 0.481 e. The van der Waals surface area contributed by atoms with Crippen LogP contribution in [-0.4, -0.2) is 28.3 Å². The summed E-state index contributed by atoms with van der Waals surface area (Å²) in [7, 11) is 0. The van der Waals surface area contributed by atoms with E-state index in [9.17, 15) is 4.79 Å². The van der Waals surface area contributed by atoms with Gasteiger partial charge in [0.1, 0.15) is 0 Å². The molecule has 0 aliphatic heterocycles. The van der Waals surface area contributed by atoms with Crippen LogP contribution in [0.4, 0.5) is 0 Å². The van der Waals surface area contributed by atoms with Gasteiger partial charge in [0.25, 0.3) is 0 Å². The number of aliphatic hydroxyl groups is 1. The van der Waals surface area contributed by atoms with Crippen LogP contribution in [0, 0.1) is 5.92 Å². The summed E-state index contributed by atoms with van der Waals surface area (Å²) in [6.45, 7) is 0. The van der Waals surface area contributed by atoms with Gasteiger partial charge in [-0.25, -0.2) is 0 Å². The zero-order valence-electron chi connectivity index (χ0n) is 6.23. The summed E-state index contributed by atoms with van der Waals surface area (Å²) in [6.07, 6.45) is 1.07. The number of aliphatic hydroxyl groups excluding tert-OH is 1. The molecule has 11 heavy (non-hydrogen) atoms. The molecule has 0 saturated heterocycles. The Labute approximate surface area is 65.0 Å². The maximum absolute atomic E-state index is 10.5. The first-order valence-electron chi connectivity index (χ1n) is 3.77. The van der Waals surface area contributed by atoms with Gasteiger partial charge in [-0.1, -0.05) is 0 Å². The number of carbonyl (C=O) groups is 1. The Bertz CT molecular complexity index is 160. The highest BCUT2D eigenvalue weighted by Gasteiger charge is 2.31. The highest BCUT2D eigenvalue weighted by Crippen LogP contribution is 2.23. The zero-order chi connectivity index (χ0) is 8.43. The minimum absolute atomic E-state index is 0.282. The summed E-state index contributed by atoms with van der Waals surface area (Å²) < 4.78 is 0. The van der Waals surface area contributed by atoms with Gasteiger partial charge in [-0.15, -0.1) is 0 Å². The van der Waals surface area contributed by atoms with E-state index in [-0.39, 0.29) is 6.04 Å². The normalized spacial score (nSPS) is 38.5. The van der Waals surface area contributed by atoms with E-state index < -0.39 is 18.0 Å². The zero-order valence-corrected chi connectivity index (χ0v) is 6.23. The van der Waals surface area contributed by atoms with Crippen LogP contribution in [0.5, 0.6) is 0 Å². The lowest BCUT2D eigenvalue weighted by Gasteiger charge is -2.28. The van der Waals surface area contributed by atoms with E-state index in [0.717, 1.165) is 0 Å². The Balaban J connectivity index is 2.54. The van der Waals surface area contributed by atoms with Crippen LogP contribution in [0.3, 0.4) is 0 Å². The number of carboxylic acids is 1. The Morgan fingerprint density at radius 1 is 1.45 bits per heavy atom. The number of rotatable bonds is 1. The van der Waals surface area contributed by atoms with Gasteiger partial charge in [-0.2, -0.15) is 0 Å². The molecule has 1 fully saturated rings. The van der Waals surface area contributed by atoms with Gasteiger partial charge in [0.05, 0.1) is 12.0 Å². The molecule has 0 aromatic rings. The molecule has 1 rings (SSSR count). The van der Waals surface area contributed by atoms with Gasteiger partial charge < -0.3 is 15.9 Å². The van der Waals surface area contributed by atoms with Crippen LogP contribution in [-0.2, 0) is 4.79 Å². The molecule has 4 nitrogen and oxygen atoms in total. The average molecular weight is 159 g/mol. The van der Waals surface area contributed by atoms with E-state index >= 15 is 0 Å². The standard InChI is InChI=1S/C7H13NO3/c8-6-2-1-4(9)3-5(6)7(10)11/h4-6,9H,1-3,8H2,(H,10,11)/t4-,5-,6+/m1/s1. The number of hydrogen-bond acceptors (Lipinski definition) is 3. The minimum atomic E-state index is -0.892. The highest BCUT2D eigenvalue weighted by atomic mass is 16.4. The fourth-order valence-electron chi connectivity index (χ4n) is 1.46. The fourth-order valence-corrected chi connectivity index (χ4v) is 1.46. The van der Waals surface area contributed by atoms with Crippen LogP contribution in [0.1, 0.15) is 19.3 Å². The molecule has 64 valence electrons. The molecule has 0 unspecified atom stereocenters. The summed E-state index contributed by atoms with van der Waals surface area (Å²) >= 11 is 0. The molecule has 0 spiro atoms. The van der Waals surface area contributed by atoms with Crippen LogP contribution in [0.25, 0.3) is 0 Å². The van der Waals surface area contributed by atoms with E-state index in [1.54, 1.807) is 0 Å². The number of aliphatic carboxylic acids is 1. The molecule has 0 bridgehead atoms. The Hall–Kier alpha value is -0.610. The Morgan fingerprint density at radius 3 is 2.55 bits per heavy atom. The number of nitrogens with two attached hydrogens (primary N) is 1. The van der Waals surface area contributed by atoms with Crippen molar-refractivity contribution in [3.8, 4) is 0 Å². The second-order valence-electron chi connectivity index (χ2n) is 3.08. The van der Waals surface area contributed by atoms with E-state index in [1.807, 2.05) is 0 Å². The van der Waals surface area contributed by atoms with Gasteiger partial charge >= 0.3 is 5.97 Å². The van der Waals surface area contributed by atoms with E-state index in [0.29, 0.717) is 19.3 Å². The SMILES string of the molecule is N[C@H]1CC[C@@H](O)C[C@H]1C(=O)O. The summed E-state index contributed by atoms with van der Waals surface area (Å²) in [5.41, 5.74) is 5.55. The topological polar surface area (TPSA) is 83.5 Å². The molecule has 0 radical (unpaired) electrons. The molecule has 0 aromatic carbocycles. The first-order valence-corrected chi connectivity index (χ1v) is 3.77. The summed E-state index contributed by atoms with van der Waals surface area (Å²) in [4.78, 5) is 10.5. The highest BCUT2D eigenvalue weighted by molar-refractivity contribution is 5.71. The quantitative estimate of drug-likeness (QED) is 0.484. The first kappa shape index (κ1) is 8.49. The van der Waals surface area contributed by atoms with Crippen LogP contribution >= 0.6 is 0 Å². The molecule has 4 heteroatoms. The van der Waals surface area contributed by atoms with Crippen molar-refractivity contribution in [3.05, 3.63) is 0 Å². The van der Waals surface area contributed by atoms with Gasteiger partial charge in [0, 0.05) is 6.04 Å².